The van der Waals surface area contributed by atoms with Crippen LogP contribution >= 0.6 is 0 Å². The van der Waals surface area contributed by atoms with Crippen LogP contribution in [0.3, 0.4) is 0 Å². The molecule has 0 aromatic carbocycles. The zero-order valence-electron chi connectivity index (χ0n) is 14.0. The first kappa shape index (κ1) is 20.4. The molecule has 0 heterocycles. The van der Waals surface area contributed by atoms with Gasteiger partial charge in [-0.15, -0.1) is 0 Å². The molecule has 124 valence electrons. The summed E-state index contributed by atoms with van der Waals surface area (Å²) in [7, 11) is 0. The van der Waals surface area contributed by atoms with E-state index in [2.05, 4.69) is 48.6 Å². The number of hydrogen-bond donors (Lipinski definition) is 1. The third-order valence-electron chi connectivity index (χ3n) is 3.31. The third-order valence-corrected chi connectivity index (χ3v) is 3.31. The number of carboxylic acids is 1. The number of rotatable bonds is 14. The van der Waals surface area contributed by atoms with Gasteiger partial charge in [-0.25, -0.2) is 0 Å². The van der Waals surface area contributed by atoms with Crippen LogP contribution in [0.5, 0.6) is 0 Å². The van der Waals surface area contributed by atoms with Crippen molar-refractivity contribution in [1.29, 1.82) is 0 Å². The van der Waals surface area contributed by atoms with Gasteiger partial charge >= 0.3 is 5.97 Å². The maximum atomic E-state index is 10.3. The van der Waals surface area contributed by atoms with Crippen LogP contribution in [-0.4, -0.2) is 11.1 Å². The van der Waals surface area contributed by atoms with E-state index in [-0.39, 0.29) is 0 Å². The highest BCUT2D eigenvalue weighted by molar-refractivity contribution is 5.66. The van der Waals surface area contributed by atoms with Crippen molar-refractivity contribution in [3.05, 3.63) is 48.6 Å². The van der Waals surface area contributed by atoms with E-state index in [1.807, 2.05) is 6.92 Å². The van der Waals surface area contributed by atoms with Gasteiger partial charge in [-0.1, -0.05) is 67.9 Å². The van der Waals surface area contributed by atoms with Crippen LogP contribution in [-0.2, 0) is 4.79 Å². The fourth-order valence-electron chi connectivity index (χ4n) is 2.04. The molecule has 0 bridgehead atoms. The SMILES string of the molecule is CC=CCC=CCC=CC/C=C\CCCCCCCC(=O)O. The Morgan fingerprint density at radius 3 is 1.82 bits per heavy atom. The second-order valence-electron chi connectivity index (χ2n) is 5.39. The summed E-state index contributed by atoms with van der Waals surface area (Å²) in [5.41, 5.74) is 0. The first-order chi connectivity index (χ1) is 10.8. The molecule has 2 nitrogen and oxygen atoms in total. The summed E-state index contributed by atoms with van der Waals surface area (Å²) in [4.78, 5) is 10.3. The summed E-state index contributed by atoms with van der Waals surface area (Å²) in [6.07, 6.45) is 27.4. The van der Waals surface area contributed by atoms with Crippen molar-refractivity contribution in [3.8, 4) is 0 Å². The van der Waals surface area contributed by atoms with E-state index in [1.54, 1.807) is 0 Å². The lowest BCUT2D eigenvalue weighted by Gasteiger charge is -1.98. The Hall–Kier alpha value is -1.57. The van der Waals surface area contributed by atoms with Crippen LogP contribution in [0, 0.1) is 0 Å². The highest BCUT2D eigenvalue weighted by Gasteiger charge is 1.95. The lowest BCUT2D eigenvalue weighted by Crippen LogP contribution is -1.93. The zero-order valence-corrected chi connectivity index (χ0v) is 14.0. The molecule has 0 aliphatic heterocycles. The van der Waals surface area contributed by atoms with Crippen LogP contribution in [0.4, 0.5) is 0 Å². The second kappa shape index (κ2) is 17.5. The second-order valence-corrected chi connectivity index (χ2v) is 5.39. The molecule has 0 rings (SSSR count). The summed E-state index contributed by atoms with van der Waals surface area (Å²) in [6, 6.07) is 0. The van der Waals surface area contributed by atoms with E-state index in [1.165, 1.54) is 12.8 Å². The minimum Gasteiger partial charge on any atom is -0.481 e. The minimum absolute atomic E-state index is 0.316. The summed E-state index contributed by atoms with van der Waals surface area (Å²) in [6.45, 7) is 2.04. The van der Waals surface area contributed by atoms with Gasteiger partial charge in [-0.05, 0) is 45.4 Å². The molecule has 0 aromatic rings. The van der Waals surface area contributed by atoms with Gasteiger partial charge in [0.1, 0.15) is 0 Å². The molecular formula is C20H32O2. The molecule has 0 saturated heterocycles. The fraction of sp³-hybridized carbons (Fsp3) is 0.550. The van der Waals surface area contributed by atoms with Gasteiger partial charge < -0.3 is 5.11 Å². The predicted octanol–water partition coefficient (Wildman–Crippen LogP) is 6.22. The summed E-state index contributed by atoms with van der Waals surface area (Å²) in [5.74, 6) is -0.677. The predicted molar refractivity (Wildman–Crippen MR) is 96.0 cm³/mol. The lowest BCUT2D eigenvalue weighted by atomic mass is 10.1. The van der Waals surface area contributed by atoms with E-state index in [4.69, 9.17) is 5.11 Å². The highest BCUT2D eigenvalue weighted by Crippen LogP contribution is 2.07. The van der Waals surface area contributed by atoms with Crippen LogP contribution in [0.15, 0.2) is 48.6 Å². The van der Waals surface area contributed by atoms with E-state index in [0.717, 1.165) is 44.9 Å². The van der Waals surface area contributed by atoms with Gasteiger partial charge in [0.2, 0.25) is 0 Å². The molecule has 0 aliphatic carbocycles. The number of unbranched alkanes of at least 4 members (excludes halogenated alkanes) is 5. The lowest BCUT2D eigenvalue weighted by molar-refractivity contribution is -0.137. The third kappa shape index (κ3) is 18.4. The van der Waals surface area contributed by atoms with E-state index in [9.17, 15) is 4.79 Å². The van der Waals surface area contributed by atoms with Crippen LogP contribution < -0.4 is 0 Å². The first-order valence-corrected chi connectivity index (χ1v) is 8.55. The molecule has 0 aromatic heterocycles. The molecule has 22 heavy (non-hydrogen) atoms. The van der Waals surface area contributed by atoms with Crippen LogP contribution in [0.25, 0.3) is 0 Å². The summed E-state index contributed by atoms with van der Waals surface area (Å²) in [5, 5.41) is 8.52. The van der Waals surface area contributed by atoms with Crippen molar-refractivity contribution in [3.63, 3.8) is 0 Å². The first-order valence-electron chi connectivity index (χ1n) is 8.55. The largest absolute Gasteiger partial charge is 0.481 e. The van der Waals surface area contributed by atoms with Gasteiger partial charge in [0.25, 0.3) is 0 Å². The summed E-state index contributed by atoms with van der Waals surface area (Å²) >= 11 is 0. The molecule has 0 radical (unpaired) electrons. The number of allylic oxidation sites excluding steroid dienone is 8. The van der Waals surface area contributed by atoms with Crippen molar-refractivity contribution >= 4 is 5.97 Å². The normalized spacial score (nSPS) is 12.4. The number of carbonyl (C=O) groups is 1. The monoisotopic (exact) mass is 304 g/mol. The van der Waals surface area contributed by atoms with Crippen molar-refractivity contribution in [1.82, 2.24) is 0 Å². The number of hydrogen-bond acceptors (Lipinski definition) is 1. The Balaban J connectivity index is 3.30. The average Bonchev–Trinajstić information content (AvgIpc) is 2.50. The average molecular weight is 304 g/mol. The molecule has 0 unspecified atom stereocenters. The van der Waals surface area contributed by atoms with Crippen molar-refractivity contribution in [2.45, 2.75) is 71.1 Å². The van der Waals surface area contributed by atoms with Crippen molar-refractivity contribution in [2.75, 3.05) is 0 Å². The Morgan fingerprint density at radius 2 is 1.23 bits per heavy atom. The molecule has 0 amide bonds. The Bertz CT molecular complexity index is 362. The minimum atomic E-state index is -0.677. The quantitative estimate of drug-likeness (QED) is 0.305. The molecule has 2 heteroatoms. The molecule has 0 fully saturated rings. The van der Waals surface area contributed by atoms with E-state index in [0.29, 0.717) is 6.42 Å². The molecular weight excluding hydrogens is 272 g/mol. The number of aliphatic carboxylic acids is 1. The van der Waals surface area contributed by atoms with Gasteiger partial charge in [0.15, 0.2) is 0 Å². The topological polar surface area (TPSA) is 37.3 Å². The van der Waals surface area contributed by atoms with Crippen molar-refractivity contribution in [2.24, 2.45) is 0 Å². The standard InChI is InChI=1S/C20H32O2/c1-2-3-4-5-6-7-8-9-10-11-12-13-14-15-16-17-18-19-20(21)22/h2-3,5-6,8-9,11-12H,4,7,10,13-19H2,1H3,(H,21,22)/b3-2?,6-5?,9-8?,12-11-. The fourth-order valence-corrected chi connectivity index (χ4v) is 2.04. The van der Waals surface area contributed by atoms with Crippen molar-refractivity contribution < 1.29 is 9.90 Å². The van der Waals surface area contributed by atoms with E-state index >= 15 is 0 Å². The van der Waals surface area contributed by atoms with Gasteiger partial charge in [-0.3, -0.25) is 4.79 Å². The molecule has 0 atom stereocenters. The van der Waals surface area contributed by atoms with Crippen LogP contribution in [0.2, 0.25) is 0 Å². The van der Waals surface area contributed by atoms with Gasteiger partial charge in [0, 0.05) is 6.42 Å². The smallest absolute Gasteiger partial charge is 0.303 e. The molecule has 0 spiro atoms. The maximum Gasteiger partial charge on any atom is 0.303 e. The molecule has 0 saturated carbocycles. The Labute approximate surface area is 136 Å². The van der Waals surface area contributed by atoms with Gasteiger partial charge in [-0.2, -0.15) is 0 Å². The Kier molecular flexibility index (Phi) is 16.2. The molecule has 0 aliphatic rings. The van der Waals surface area contributed by atoms with Gasteiger partial charge in [0.05, 0.1) is 0 Å². The highest BCUT2D eigenvalue weighted by atomic mass is 16.4. The Morgan fingerprint density at radius 1 is 0.727 bits per heavy atom. The summed E-state index contributed by atoms with van der Waals surface area (Å²) < 4.78 is 0. The molecule has 1 N–H and O–H groups in total. The van der Waals surface area contributed by atoms with Crippen LogP contribution in [0.1, 0.15) is 71.1 Å². The maximum absolute atomic E-state index is 10.3. The number of carboxylic acid groups (broad SMARTS) is 1. The van der Waals surface area contributed by atoms with E-state index < -0.39 is 5.97 Å². The zero-order chi connectivity index (χ0) is 16.3.